The zero-order chi connectivity index (χ0) is 15.2. The number of hydrogen-bond donors (Lipinski definition) is 0. The number of carbonyl (C=O) groups excluding carboxylic acids is 1. The van der Waals surface area contributed by atoms with Gasteiger partial charge < -0.3 is 9.47 Å². The molecule has 0 aliphatic rings. The zero-order valence-electron chi connectivity index (χ0n) is 12.0. The molecule has 1 aromatic rings. The highest BCUT2D eigenvalue weighted by molar-refractivity contribution is 5.70. The van der Waals surface area contributed by atoms with Gasteiger partial charge in [0.1, 0.15) is 5.60 Å². The maximum Gasteiger partial charge on any atom is 0.435 e. The number of hydrogen-bond acceptors (Lipinski definition) is 4. The molecular formula is C12H20F2N2O3. The highest BCUT2D eigenvalue weighted by atomic mass is 19.3. The van der Waals surface area contributed by atoms with Crippen LogP contribution in [-0.2, 0) is 4.74 Å². The summed E-state index contributed by atoms with van der Waals surface area (Å²) in [5, 5.41) is 3.57. The summed E-state index contributed by atoms with van der Waals surface area (Å²) in [6.07, 6.45) is 0.524. The molecule has 110 valence electrons. The number of aromatic nitrogens is 2. The molecule has 0 radical (unpaired) electrons. The van der Waals surface area contributed by atoms with Crippen molar-refractivity contribution in [2.45, 2.75) is 53.8 Å². The molecular weight excluding hydrogens is 258 g/mol. The molecule has 0 unspecified atom stereocenters. The van der Waals surface area contributed by atoms with Crippen LogP contribution in [0.3, 0.4) is 0 Å². The minimum atomic E-state index is -2.98. The monoisotopic (exact) mass is 278 g/mol. The van der Waals surface area contributed by atoms with Crippen LogP contribution in [0, 0.1) is 6.92 Å². The van der Waals surface area contributed by atoms with Crippen molar-refractivity contribution in [3.8, 4) is 5.88 Å². The lowest BCUT2D eigenvalue weighted by Gasteiger charge is -2.18. The van der Waals surface area contributed by atoms with Crippen LogP contribution in [0.1, 0.15) is 40.2 Å². The van der Waals surface area contributed by atoms with Crippen LogP contribution in [0.25, 0.3) is 0 Å². The van der Waals surface area contributed by atoms with Gasteiger partial charge in [-0.15, -0.1) is 5.10 Å². The minimum absolute atomic E-state index is 0.286. The smallest absolute Gasteiger partial charge is 0.435 e. The SMILES string of the molecule is CC.Cc1cn(C(=O)OC(C)(C)C)nc1OC(F)F. The molecule has 0 saturated heterocycles. The maximum atomic E-state index is 12.0. The lowest BCUT2D eigenvalue weighted by Crippen LogP contribution is -2.27. The molecule has 0 atom stereocenters. The van der Waals surface area contributed by atoms with Crippen molar-refractivity contribution in [2.24, 2.45) is 0 Å². The Hall–Kier alpha value is -1.66. The topological polar surface area (TPSA) is 53.4 Å². The Bertz CT molecular complexity index is 412. The van der Waals surface area contributed by atoms with Gasteiger partial charge in [-0.3, -0.25) is 0 Å². The number of ether oxygens (including phenoxy) is 2. The van der Waals surface area contributed by atoms with Gasteiger partial charge in [-0.2, -0.15) is 13.5 Å². The maximum absolute atomic E-state index is 12.0. The Morgan fingerprint density at radius 1 is 1.37 bits per heavy atom. The van der Waals surface area contributed by atoms with Gasteiger partial charge in [-0.05, 0) is 27.7 Å². The van der Waals surface area contributed by atoms with Crippen molar-refractivity contribution in [3.05, 3.63) is 11.8 Å². The highest BCUT2D eigenvalue weighted by Crippen LogP contribution is 2.18. The van der Waals surface area contributed by atoms with Crippen LogP contribution in [0.4, 0.5) is 13.6 Å². The number of alkyl halides is 2. The molecule has 0 fully saturated rings. The van der Waals surface area contributed by atoms with Crippen LogP contribution >= 0.6 is 0 Å². The molecule has 0 aromatic carbocycles. The average Bonchev–Trinajstić information content (AvgIpc) is 2.60. The Morgan fingerprint density at radius 3 is 2.32 bits per heavy atom. The van der Waals surface area contributed by atoms with Gasteiger partial charge >= 0.3 is 12.7 Å². The van der Waals surface area contributed by atoms with Gasteiger partial charge in [0.15, 0.2) is 0 Å². The number of rotatable bonds is 2. The summed E-state index contributed by atoms with van der Waals surface area (Å²) in [5.41, 5.74) is -0.350. The lowest BCUT2D eigenvalue weighted by atomic mass is 10.2. The molecule has 0 spiro atoms. The molecule has 0 saturated carbocycles. The third-order valence-electron chi connectivity index (χ3n) is 1.63. The van der Waals surface area contributed by atoms with Gasteiger partial charge in [0.05, 0.1) is 0 Å². The van der Waals surface area contributed by atoms with E-state index in [1.807, 2.05) is 13.8 Å². The Morgan fingerprint density at radius 2 is 1.89 bits per heavy atom. The second-order valence-electron chi connectivity index (χ2n) is 4.42. The standard InChI is InChI=1S/C10H14F2N2O3.C2H6/c1-6-5-14(9(15)17-10(2,3)4)13-7(6)16-8(11)12;1-2/h5,8H,1-4H3;1-2H3. The molecule has 1 heterocycles. The molecule has 0 aliphatic carbocycles. The molecule has 0 N–H and O–H groups in total. The van der Waals surface area contributed by atoms with Crippen molar-refractivity contribution in [1.82, 2.24) is 9.78 Å². The summed E-state index contributed by atoms with van der Waals surface area (Å²) < 4.78 is 34.0. The predicted molar refractivity (Wildman–Crippen MR) is 66.6 cm³/mol. The van der Waals surface area contributed by atoms with Crippen LogP contribution in [0.5, 0.6) is 5.88 Å². The van der Waals surface area contributed by atoms with Crippen molar-refractivity contribution < 1.29 is 23.0 Å². The van der Waals surface area contributed by atoms with E-state index in [0.29, 0.717) is 5.56 Å². The summed E-state index contributed by atoms with van der Waals surface area (Å²) in [5.74, 6) is -0.286. The second-order valence-corrected chi connectivity index (χ2v) is 4.42. The fraction of sp³-hybridized carbons (Fsp3) is 0.667. The van der Waals surface area contributed by atoms with E-state index in [9.17, 15) is 13.6 Å². The van der Waals surface area contributed by atoms with Gasteiger partial charge in [0.25, 0.3) is 0 Å². The molecule has 19 heavy (non-hydrogen) atoms. The minimum Gasteiger partial charge on any atom is -0.442 e. The first-order chi connectivity index (χ1) is 8.69. The summed E-state index contributed by atoms with van der Waals surface area (Å²) >= 11 is 0. The molecule has 7 heteroatoms. The third-order valence-corrected chi connectivity index (χ3v) is 1.63. The first kappa shape index (κ1) is 17.3. The summed E-state index contributed by atoms with van der Waals surface area (Å²) in [4.78, 5) is 11.5. The lowest BCUT2D eigenvalue weighted by molar-refractivity contribution is -0.0537. The van der Waals surface area contributed by atoms with E-state index >= 15 is 0 Å². The molecule has 1 rings (SSSR count). The predicted octanol–water partition coefficient (Wildman–Crippen LogP) is 3.60. The van der Waals surface area contributed by atoms with Crippen LogP contribution < -0.4 is 4.74 Å². The second kappa shape index (κ2) is 7.06. The summed E-state index contributed by atoms with van der Waals surface area (Å²) in [6.45, 7) is 7.61. The number of halogens is 2. The normalized spacial score (nSPS) is 10.8. The van der Waals surface area contributed by atoms with Gasteiger partial charge in [0.2, 0.25) is 5.88 Å². The Balaban J connectivity index is 0.00000154. The Kier molecular flexibility index (Phi) is 6.44. The fourth-order valence-electron chi connectivity index (χ4n) is 1.05. The van der Waals surface area contributed by atoms with Crippen molar-refractivity contribution in [2.75, 3.05) is 0 Å². The summed E-state index contributed by atoms with van der Waals surface area (Å²) in [7, 11) is 0. The van der Waals surface area contributed by atoms with Gasteiger partial charge in [0, 0.05) is 11.8 Å². The van der Waals surface area contributed by atoms with E-state index in [0.717, 1.165) is 4.68 Å². The average molecular weight is 278 g/mol. The fourth-order valence-corrected chi connectivity index (χ4v) is 1.05. The number of nitrogens with zero attached hydrogens (tertiary/aromatic N) is 2. The largest absolute Gasteiger partial charge is 0.442 e. The first-order valence-electron chi connectivity index (χ1n) is 5.93. The van der Waals surface area contributed by atoms with Crippen LogP contribution in [-0.4, -0.2) is 28.1 Å². The van der Waals surface area contributed by atoms with E-state index < -0.39 is 18.3 Å². The van der Waals surface area contributed by atoms with Crippen molar-refractivity contribution >= 4 is 6.09 Å². The number of aryl methyl sites for hydroxylation is 1. The first-order valence-corrected chi connectivity index (χ1v) is 5.93. The van der Waals surface area contributed by atoms with Gasteiger partial charge in [-0.1, -0.05) is 13.8 Å². The molecule has 1 aromatic heterocycles. The zero-order valence-corrected chi connectivity index (χ0v) is 12.0. The molecule has 0 aliphatic heterocycles. The van der Waals surface area contributed by atoms with E-state index in [1.165, 1.54) is 13.1 Å². The molecule has 5 nitrogen and oxygen atoms in total. The third kappa shape index (κ3) is 6.17. The van der Waals surface area contributed by atoms with E-state index in [4.69, 9.17) is 4.74 Å². The quantitative estimate of drug-likeness (QED) is 0.829. The number of carbonyl (C=O) groups is 1. The van der Waals surface area contributed by atoms with E-state index in [1.54, 1.807) is 20.8 Å². The van der Waals surface area contributed by atoms with Crippen LogP contribution in [0.15, 0.2) is 6.20 Å². The summed E-state index contributed by atoms with van der Waals surface area (Å²) in [6, 6.07) is 0. The van der Waals surface area contributed by atoms with Crippen molar-refractivity contribution in [1.29, 1.82) is 0 Å². The van der Waals surface area contributed by atoms with E-state index in [-0.39, 0.29) is 5.88 Å². The van der Waals surface area contributed by atoms with Gasteiger partial charge in [-0.25, -0.2) is 4.79 Å². The van der Waals surface area contributed by atoms with E-state index in [2.05, 4.69) is 9.84 Å². The molecule has 0 bridgehead atoms. The molecule has 0 amide bonds. The highest BCUT2D eigenvalue weighted by Gasteiger charge is 2.20. The van der Waals surface area contributed by atoms with Crippen LogP contribution in [0.2, 0.25) is 0 Å². The Labute approximate surface area is 111 Å². The van der Waals surface area contributed by atoms with Crippen molar-refractivity contribution in [3.63, 3.8) is 0 Å².